The summed E-state index contributed by atoms with van der Waals surface area (Å²) in [5.41, 5.74) is 3.17. The Balaban J connectivity index is 1.65. The molecule has 0 N–H and O–H groups in total. The molecule has 0 fully saturated rings. The van der Waals surface area contributed by atoms with Crippen molar-refractivity contribution in [3.63, 3.8) is 0 Å². The number of fused-ring (bicyclic) bond motifs is 2. The quantitative estimate of drug-likeness (QED) is 0.856. The summed E-state index contributed by atoms with van der Waals surface area (Å²) in [5, 5.41) is 0. The van der Waals surface area contributed by atoms with Gasteiger partial charge in [0.15, 0.2) is 6.10 Å². The second-order valence-corrected chi connectivity index (χ2v) is 5.98. The summed E-state index contributed by atoms with van der Waals surface area (Å²) in [4.78, 5) is 14.9. The Kier molecular flexibility index (Phi) is 3.45. The van der Waals surface area contributed by atoms with Crippen LogP contribution in [0.5, 0.6) is 11.5 Å². The van der Waals surface area contributed by atoms with Crippen molar-refractivity contribution in [2.24, 2.45) is 0 Å². The van der Waals surface area contributed by atoms with E-state index in [1.807, 2.05) is 41.3 Å². The number of nitrogens with zero attached hydrogens (tertiary/aromatic N) is 1. The van der Waals surface area contributed by atoms with Crippen molar-refractivity contribution in [3.05, 3.63) is 53.6 Å². The Bertz CT molecular complexity index is 717. The molecule has 0 spiro atoms. The number of ether oxygens (including phenoxy) is 2. The van der Waals surface area contributed by atoms with E-state index in [2.05, 4.69) is 6.07 Å². The Morgan fingerprint density at radius 3 is 2.83 bits per heavy atom. The predicted molar refractivity (Wildman–Crippen MR) is 88.2 cm³/mol. The van der Waals surface area contributed by atoms with Crippen molar-refractivity contribution in [1.82, 2.24) is 0 Å². The molecule has 4 nitrogen and oxygen atoms in total. The third-order valence-electron chi connectivity index (χ3n) is 4.59. The van der Waals surface area contributed by atoms with Gasteiger partial charge in [0.2, 0.25) is 0 Å². The zero-order chi connectivity index (χ0) is 15.8. The van der Waals surface area contributed by atoms with E-state index in [4.69, 9.17) is 9.47 Å². The molecule has 0 saturated carbocycles. The maximum Gasteiger partial charge on any atom is 0.268 e. The molecule has 2 aliphatic rings. The van der Waals surface area contributed by atoms with E-state index in [9.17, 15) is 4.79 Å². The molecule has 2 heterocycles. The van der Waals surface area contributed by atoms with Crippen molar-refractivity contribution in [2.45, 2.75) is 25.4 Å². The maximum absolute atomic E-state index is 13.0. The van der Waals surface area contributed by atoms with E-state index in [1.54, 1.807) is 7.11 Å². The van der Waals surface area contributed by atoms with Gasteiger partial charge in [0.1, 0.15) is 11.5 Å². The largest absolute Gasteiger partial charge is 0.495 e. The number of hydrogen-bond donors (Lipinski definition) is 0. The number of rotatable bonds is 2. The van der Waals surface area contributed by atoms with E-state index < -0.39 is 6.10 Å². The van der Waals surface area contributed by atoms with Crippen LogP contribution in [-0.4, -0.2) is 25.7 Å². The minimum absolute atomic E-state index is 0.0200. The van der Waals surface area contributed by atoms with Gasteiger partial charge in [-0.15, -0.1) is 0 Å². The average molecular weight is 309 g/mol. The van der Waals surface area contributed by atoms with Crippen LogP contribution in [0.25, 0.3) is 0 Å². The predicted octanol–water partition coefficient (Wildman–Crippen LogP) is 2.98. The second kappa shape index (κ2) is 5.61. The standard InChI is InChI=1S/C19H19NO3/c1-22-16-10-4-7-13-8-5-11-20(18(13)16)19(21)17-12-14-6-2-3-9-15(14)23-17/h2-4,6-7,9-10,17H,5,8,11-12H2,1H3. The highest BCUT2D eigenvalue weighted by molar-refractivity contribution is 5.99. The van der Waals surface area contributed by atoms with Crippen LogP contribution in [0.2, 0.25) is 0 Å². The fraction of sp³-hybridized carbons (Fsp3) is 0.316. The van der Waals surface area contributed by atoms with Crippen LogP contribution in [0.15, 0.2) is 42.5 Å². The van der Waals surface area contributed by atoms with Crippen molar-refractivity contribution < 1.29 is 14.3 Å². The van der Waals surface area contributed by atoms with E-state index in [-0.39, 0.29) is 5.91 Å². The van der Waals surface area contributed by atoms with E-state index in [0.717, 1.165) is 35.6 Å². The van der Waals surface area contributed by atoms with Crippen LogP contribution >= 0.6 is 0 Å². The number of amides is 1. The first-order valence-corrected chi connectivity index (χ1v) is 8.00. The van der Waals surface area contributed by atoms with Crippen LogP contribution in [0.4, 0.5) is 5.69 Å². The molecular formula is C19H19NO3. The van der Waals surface area contributed by atoms with Crippen LogP contribution in [0.3, 0.4) is 0 Å². The molecule has 4 heteroatoms. The van der Waals surface area contributed by atoms with Gasteiger partial charge in [0.05, 0.1) is 12.8 Å². The van der Waals surface area contributed by atoms with Gasteiger partial charge in [-0.25, -0.2) is 0 Å². The van der Waals surface area contributed by atoms with Crippen molar-refractivity contribution in [1.29, 1.82) is 0 Å². The van der Waals surface area contributed by atoms with Crippen molar-refractivity contribution in [2.75, 3.05) is 18.6 Å². The number of benzene rings is 2. The highest BCUT2D eigenvalue weighted by Crippen LogP contribution is 2.38. The number of carbonyl (C=O) groups is 1. The third kappa shape index (κ3) is 2.34. The lowest BCUT2D eigenvalue weighted by atomic mass is 9.99. The lowest BCUT2D eigenvalue weighted by Crippen LogP contribution is -2.44. The van der Waals surface area contributed by atoms with Gasteiger partial charge in [0, 0.05) is 13.0 Å². The Hall–Kier alpha value is -2.49. The fourth-order valence-corrected chi connectivity index (χ4v) is 3.49. The lowest BCUT2D eigenvalue weighted by molar-refractivity contribution is -0.124. The van der Waals surface area contributed by atoms with Gasteiger partial charge in [-0.05, 0) is 36.1 Å². The normalized spacial score (nSPS) is 18.8. The van der Waals surface area contributed by atoms with Crippen LogP contribution in [-0.2, 0) is 17.6 Å². The summed E-state index contributed by atoms with van der Waals surface area (Å²) in [5.74, 6) is 1.60. The van der Waals surface area contributed by atoms with Gasteiger partial charge in [0.25, 0.3) is 5.91 Å². The molecule has 2 aromatic rings. The molecule has 1 unspecified atom stereocenters. The van der Waals surface area contributed by atoms with Crippen LogP contribution in [0.1, 0.15) is 17.5 Å². The van der Waals surface area contributed by atoms with E-state index in [0.29, 0.717) is 13.0 Å². The van der Waals surface area contributed by atoms with Gasteiger partial charge in [-0.2, -0.15) is 0 Å². The molecular weight excluding hydrogens is 290 g/mol. The summed E-state index contributed by atoms with van der Waals surface area (Å²) in [6, 6.07) is 13.8. The monoisotopic (exact) mass is 309 g/mol. The minimum atomic E-state index is -0.441. The molecule has 1 amide bonds. The summed E-state index contributed by atoms with van der Waals surface area (Å²) >= 11 is 0. The molecule has 4 rings (SSSR count). The zero-order valence-electron chi connectivity index (χ0n) is 13.1. The molecule has 2 aliphatic heterocycles. The molecule has 1 atom stereocenters. The smallest absolute Gasteiger partial charge is 0.268 e. The molecule has 118 valence electrons. The van der Waals surface area contributed by atoms with E-state index in [1.165, 1.54) is 5.56 Å². The number of hydrogen-bond acceptors (Lipinski definition) is 3. The summed E-state index contributed by atoms with van der Waals surface area (Å²) in [6.07, 6.45) is 2.13. The number of para-hydroxylation sites is 2. The first-order chi connectivity index (χ1) is 11.3. The highest BCUT2D eigenvalue weighted by Gasteiger charge is 2.35. The summed E-state index contributed by atoms with van der Waals surface area (Å²) in [7, 11) is 1.65. The molecule has 0 radical (unpaired) electrons. The number of methoxy groups -OCH3 is 1. The fourth-order valence-electron chi connectivity index (χ4n) is 3.49. The van der Waals surface area contributed by atoms with Gasteiger partial charge >= 0.3 is 0 Å². The first-order valence-electron chi connectivity index (χ1n) is 8.00. The molecule has 0 aromatic heterocycles. The minimum Gasteiger partial charge on any atom is -0.495 e. The van der Waals surface area contributed by atoms with Crippen LogP contribution in [0, 0.1) is 0 Å². The molecule has 23 heavy (non-hydrogen) atoms. The highest BCUT2D eigenvalue weighted by atomic mass is 16.5. The van der Waals surface area contributed by atoms with Gasteiger partial charge in [-0.1, -0.05) is 30.3 Å². The average Bonchev–Trinajstić information content (AvgIpc) is 3.04. The summed E-state index contributed by atoms with van der Waals surface area (Å²) in [6.45, 7) is 0.711. The topological polar surface area (TPSA) is 38.8 Å². The molecule has 0 bridgehead atoms. The summed E-state index contributed by atoms with van der Waals surface area (Å²) < 4.78 is 11.4. The third-order valence-corrected chi connectivity index (χ3v) is 4.59. The zero-order valence-corrected chi connectivity index (χ0v) is 13.1. The lowest BCUT2D eigenvalue weighted by Gasteiger charge is -2.32. The maximum atomic E-state index is 13.0. The molecule has 2 aromatic carbocycles. The van der Waals surface area contributed by atoms with Gasteiger partial charge < -0.3 is 14.4 Å². The number of anilines is 1. The van der Waals surface area contributed by atoms with E-state index >= 15 is 0 Å². The second-order valence-electron chi connectivity index (χ2n) is 5.98. The Morgan fingerprint density at radius 1 is 1.17 bits per heavy atom. The van der Waals surface area contributed by atoms with Gasteiger partial charge in [-0.3, -0.25) is 4.79 Å². The van der Waals surface area contributed by atoms with Crippen molar-refractivity contribution >= 4 is 11.6 Å². The number of carbonyl (C=O) groups excluding carboxylic acids is 1. The first kappa shape index (κ1) is 14.1. The Morgan fingerprint density at radius 2 is 2.00 bits per heavy atom. The van der Waals surface area contributed by atoms with Crippen LogP contribution < -0.4 is 14.4 Å². The molecule has 0 saturated heterocycles. The molecule has 0 aliphatic carbocycles. The SMILES string of the molecule is COc1cccc2c1N(C(=O)C1Cc3ccccc3O1)CCC2. The van der Waals surface area contributed by atoms with Crippen molar-refractivity contribution in [3.8, 4) is 11.5 Å². The Labute approximate surface area is 135 Å². The number of aryl methyl sites for hydroxylation is 1.